The molecule has 3 heterocycles. The van der Waals surface area contributed by atoms with Crippen LogP contribution in [0, 0.1) is 0 Å². The van der Waals surface area contributed by atoms with Gasteiger partial charge in [-0.2, -0.15) is 0 Å². The number of amides is 1. The Morgan fingerprint density at radius 3 is 3.05 bits per heavy atom. The van der Waals surface area contributed by atoms with Gasteiger partial charge in [0.2, 0.25) is 5.56 Å². The van der Waals surface area contributed by atoms with E-state index < -0.39 is 0 Å². The van der Waals surface area contributed by atoms with Crippen molar-refractivity contribution in [3.63, 3.8) is 0 Å². The van der Waals surface area contributed by atoms with Gasteiger partial charge in [-0.3, -0.25) is 9.59 Å². The first-order valence-electron chi connectivity index (χ1n) is 6.73. The second kappa shape index (κ2) is 5.53. The molecule has 1 amide bonds. The van der Waals surface area contributed by atoms with Gasteiger partial charge in [0.25, 0.3) is 5.91 Å². The Bertz CT molecular complexity index is 686. The van der Waals surface area contributed by atoms with Crippen molar-refractivity contribution in [2.45, 2.75) is 18.6 Å². The number of carbonyl (C=O) groups excluding carboxylic acids is 1. The van der Waals surface area contributed by atoms with Gasteiger partial charge in [-0.15, -0.1) is 0 Å². The van der Waals surface area contributed by atoms with E-state index >= 15 is 0 Å². The van der Waals surface area contributed by atoms with Crippen LogP contribution < -0.4 is 10.9 Å². The highest BCUT2D eigenvalue weighted by molar-refractivity contribution is 5.94. The number of imidazole rings is 1. The zero-order valence-electron chi connectivity index (χ0n) is 11.6. The summed E-state index contributed by atoms with van der Waals surface area (Å²) in [6, 6.07) is 2.70. The average molecular weight is 288 g/mol. The summed E-state index contributed by atoms with van der Waals surface area (Å²) in [6.45, 7) is 0.577. The molecule has 21 heavy (non-hydrogen) atoms. The Morgan fingerprint density at radius 2 is 2.38 bits per heavy atom. The lowest BCUT2D eigenvalue weighted by Crippen LogP contribution is -2.37. The summed E-state index contributed by atoms with van der Waals surface area (Å²) in [6.07, 6.45) is 5.43. The lowest BCUT2D eigenvalue weighted by molar-refractivity contribution is 0.0779. The van der Waals surface area contributed by atoms with Crippen LogP contribution in [-0.2, 0) is 11.8 Å². The summed E-state index contributed by atoms with van der Waals surface area (Å²) in [4.78, 5) is 30.0. The normalized spacial score (nSPS) is 21.4. The van der Waals surface area contributed by atoms with Crippen molar-refractivity contribution in [1.29, 1.82) is 0 Å². The van der Waals surface area contributed by atoms with E-state index in [9.17, 15) is 9.59 Å². The number of aromatic nitrogens is 3. The highest BCUT2D eigenvalue weighted by Gasteiger charge is 2.33. The smallest absolute Gasteiger partial charge is 0.253 e. The second-order valence-electron chi connectivity index (χ2n) is 5.00. The standard InChI is InChI=1S/C14H16N4O3/c1-18-6-5-15-13(18)12-10(4-7-21-12)17-14(20)9-2-3-11(19)16-8-9/h2-3,5-6,8,10,12H,4,7H2,1H3,(H,16,19)(H,17,20)/t10-,12-/m0/s1. The molecule has 1 saturated heterocycles. The quantitative estimate of drug-likeness (QED) is 0.854. The summed E-state index contributed by atoms with van der Waals surface area (Å²) in [5.41, 5.74) is 0.182. The van der Waals surface area contributed by atoms with Gasteiger partial charge in [0.15, 0.2) is 0 Å². The van der Waals surface area contributed by atoms with Crippen LogP contribution in [0.3, 0.4) is 0 Å². The summed E-state index contributed by atoms with van der Waals surface area (Å²) in [7, 11) is 1.89. The van der Waals surface area contributed by atoms with Crippen molar-refractivity contribution in [2.24, 2.45) is 7.05 Å². The van der Waals surface area contributed by atoms with Crippen LogP contribution in [0.4, 0.5) is 0 Å². The number of aromatic amines is 1. The van der Waals surface area contributed by atoms with Crippen LogP contribution in [0.2, 0.25) is 0 Å². The number of hydrogen-bond donors (Lipinski definition) is 2. The molecule has 7 nitrogen and oxygen atoms in total. The third kappa shape index (κ3) is 2.73. The maximum atomic E-state index is 12.2. The molecule has 2 N–H and O–H groups in total. The predicted octanol–water partition coefficient (Wildman–Crippen LogP) is 0.368. The molecule has 7 heteroatoms. The SMILES string of the molecule is Cn1ccnc1[C@H]1OCC[C@@H]1NC(=O)c1ccc(=O)[nH]c1. The van der Waals surface area contributed by atoms with E-state index in [1.54, 1.807) is 6.20 Å². The van der Waals surface area contributed by atoms with Crippen LogP contribution in [-0.4, -0.2) is 33.1 Å². The third-order valence-corrected chi connectivity index (χ3v) is 3.57. The fourth-order valence-corrected chi connectivity index (χ4v) is 2.45. The molecule has 2 aromatic heterocycles. The van der Waals surface area contributed by atoms with E-state index in [1.165, 1.54) is 18.3 Å². The first kappa shape index (κ1) is 13.6. The van der Waals surface area contributed by atoms with E-state index in [4.69, 9.17) is 4.74 Å². The third-order valence-electron chi connectivity index (χ3n) is 3.57. The maximum absolute atomic E-state index is 12.2. The summed E-state index contributed by atoms with van der Waals surface area (Å²) < 4.78 is 7.57. The van der Waals surface area contributed by atoms with Gasteiger partial charge in [-0.25, -0.2) is 4.98 Å². The topological polar surface area (TPSA) is 89.0 Å². The molecular weight excluding hydrogens is 272 g/mol. The number of carbonyl (C=O) groups is 1. The van der Waals surface area contributed by atoms with Gasteiger partial charge in [-0.1, -0.05) is 0 Å². The molecule has 0 saturated carbocycles. The van der Waals surface area contributed by atoms with Gasteiger partial charge in [0, 0.05) is 38.3 Å². The number of rotatable bonds is 3. The zero-order valence-corrected chi connectivity index (χ0v) is 11.6. The predicted molar refractivity (Wildman–Crippen MR) is 74.8 cm³/mol. The fourth-order valence-electron chi connectivity index (χ4n) is 2.45. The number of pyridine rings is 1. The molecule has 3 rings (SSSR count). The summed E-state index contributed by atoms with van der Waals surface area (Å²) in [5.74, 6) is 0.556. The first-order chi connectivity index (χ1) is 10.1. The molecule has 110 valence electrons. The van der Waals surface area contributed by atoms with Crippen LogP contribution >= 0.6 is 0 Å². The molecule has 1 aliphatic heterocycles. The number of ether oxygens (including phenoxy) is 1. The van der Waals surface area contributed by atoms with Crippen molar-refractivity contribution in [3.05, 3.63) is 52.5 Å². The molecule has 2 atom stereocenters. The molecule has 0 aliphatic carbocycles. The Morgan fingerprint density at radius 1 is 1.52 bits per heavy atom. The highest BCUT2D eigenvalue weighted by atomic mass is 16.5. The Kier molecular flexibility index (Phi) is 3.57. The van der Waals surface area contributed by atoms with E-state index in [-0.39, 0.29) is 23.6 Å². The van der Waals surface area contributed by atoms with E-state index in [0.717, 1.165) is 12.2 Å². The highest BCUT2D eigenvalue weighted by Crippen LogP contribution is 2.27. The average Bonchev–Trinajstić information content (AvgIpc) is 3.08. The van der Waals surface area contributed by atoms with Crippen LogP contribution in [0.1, 0.15) is 28.7 Å². The number of hydrogen-bond acceptors (Lipinski definition) is 4. The van der Waals surface area contributed by atoms with Crippen LogP contribution in [0.5, 0.6) is 0 Å². The fraction of sp³-hybridized carbons (Fsp3) is 0.357. The molecule has 0 aromatic carbocycles. The molecule has 0 unspecified atom stereocenters. The van der Waals surface area contributed by atoms with E-state index in [0.29, 0.717) is 12.2 Å². The van der Waals surface area contributed by atoms with E-state index in [2.05, 4.69) is 15.3 Å². The van der Waals surface area contributed by atoms with Gasteiger partial charge in [-0.05, 0) is 12.5 Å². The van der Waals surface area contributed by atoms with Gasteiger partial charge < -0.3 is 19.6 Å². The molecule has 0 spiro atoms. The molecule has 1 fully saturated rings. The monoisotopic (exact) mass is 288 g/mol. The van der Waals surface area contributed by atoms with Crippen LogP contribution in [0.15, 0.2) is 35.5 Å². The number of nitrogens with one attached hydrogen (secondary N) is 2. The Balaban J connectivity index is 1.74. The van der Waals surface area contributed by atoms with Crippen molar-refractivity contribution in [3.8, 4) is 0 Å². The minimum absolute atomic E-state index is 0.134. The minimum atomic E-state index is -0.253. The van der Waals surface area contributed by atoms with Crippen LogP contribution in [0.25, 0.3) is 0 Å². The molecule has 0 radical (unpaired) electrons. The zero-order chi connectivity index (χ0) is 14.8. The summed E-state index contributed by atoms with van der Waals surface area (Å²) in [5, 5.41) is 2.94. The minimum Gasteiger partial charge on any atom is -0.368 e. The van der Waals surface area contributed by atoms with Gasteiger partial charge >= 0.3 is 0 Å². The molecule has 0 bridgehead atoms. The Labute approximate surface area is 121 Å². The molecule has 2 aromatic rings. The van der Waals surface area contributed by atoms with Crippen molar-refractivity contribution >= 4 is 5.91 Å². The molecular formula is C14H16N4O3. The van der Waals surface area contributed by atoms with Gasteiger partial charge in [0.05, 0.1) is 11.6 Å². The van der Waals surface area contributed by atoms with Crippen molar-refractivity contribution < 1.29 is 9.53 Å². The maximum Gasteiger partial charge on any atom is 0.253 e. The first-order valence-corrected chi connectivity index (χ1v) is 6.73. The lowest BCUT2D eigenvalue weighted by Gasteiger charge is -2.19. The number of H-pyrrole nitrogens is 1. The largest absolute Gasteiger partial charge is 0.368 e. The van der Waals surface area contributed by atoms with Crippen molar-refractivity contribution in [1.82, 2.24) is 19.9 Å². The molecule has 1 aliphatic rings. The lowest BCUT2D eigenvalue weighted by atomic mass is 10.1. The summed E-state index contributed by atoms with van der Waals surface area (Å²) >= 11 is 0. The Hall–Kier alpha value is -2.41. The van der Waals surface area contributed by atoms with Crippen molar-refractivity contribution in [2.75, 3.05) is 6.61 Å². The second-order valence-corrected chi connectivity index (χ2v) is 5.00. The van der Waals surface area contributed by atoms with E-state index in [1.807, 2.05) is 17.8 Å². The van der Waals surface area contributed by atoms with Gasteiger partial charge in [0.1, 0.15) is 11.9 Å². The number of aryl methyl sites for hydroxylation is 1. The number of nitrogens with zero attached hydrogens (tertiary/aromatic N) is 2.